The van der Waals surface area contributed by atoms with Gasteiger partial charge in [0.2, 0.25) is 0 Å². The Morgan fingerprint density at radius 2 is 2.12 bits per heavy atom. The third kappa shape index (κ3) is 3.32. The molecule has 1 atom stereocenters. The van der Waals surface area contributed by atoms with Gasteiger partial charge in [0, 0.05) is 18.7 Å². The van der Waals surface area contributed by atoms with E-state index < -0.39 is 0 Å². The number of hydrogen-bond donors (Lipinski definition) is 2. The SMILES string of the molecule is CCNC(=O)NC[C@H]1Cn2c(-c3ccc4c(c3)OCCO4)cnc2CO1. The highest BCUT2D eigenvalue weighted by Crippen LogP contribution is 2.35. The van der Waals surface area contributed by atoms with Crippen LogP contribution in [0.2, 0.25) is 0 Å². The Hall–Kier alpha value is -2.74. The summed E-state index contributed by atoms with van der Waals surface area (Å²) in [6, 6.07) is 5.74. The number of benzene rings is 1. The number of carbonyl (C=O) groups excluding carboxylic acids is 1. The zero-order valence-corrected chi connectivity index (χ0v) is 14.7. The summed E-state index contributed by atoms with van der Waals surface area (Å²) in [7, 11) is 0. The molecule has 0 aliphatic carbocycles. The summed E-state index contributed by atoms with van der Waals surface area (Å²) in [4.78, 5) is 16.1. The van der Waals surface area contributed by atoms with E-state index in [-0.39, 0.29) is 12.1 Å². The molecule has 0 saturated heterocycles. The van der Waals surface area contributed by atoms with Crippen molar-refractivity contribution in [3.8, 4) is 22.8 Å². The van der Waals surface area contributed by atoms with Gasteiger partial charge in [-0.2, -0.15) is 0 Å². The van der Waals surface area contributed by atoms with Crippen molar-refractivity contribution in [3.05, 3.63) is 30.2 Å². The van der Waals surface area contributed by atoms with E-state index in [9.17, 15) is 4.79 Å². The highest BCUT2D eigenvalue weighted by atomic mass is 16.6. The monoisotopic (exact) mass is 358 g/mol. The van der Waals surface area contributed by atoms with E-state index in [2.05, 4.69) is 20.2 Å². The fourth-order valence-corrected chi connectivity index (χ4v) is 3.17. The van der Waals surface area contributed by atoms with Crippen molar-refractivity contribution in [1.82, 2.24) is 20.2 Å². The topological polar surface area (TPSA) is 86.6 Å². The molecule has 2 aliphatic rings. The number of amides is 2. The van der Waals surface area contributed by atoms with Crippen LogP contribution in [0.3, 0.4) is 0 Å². The van der Waals surface area contributed by atoms with Crippen LogP contribution in [0.25, 0.3) is 11.3 Å². The van der Waals surface area contributed by atoms with Crippen LogP contribution in [0.1, 0.15) is 12.7 Å². The number of carbonyl (C=O) groups is 1. The van der Waals surface area contributed by atoms with E-state index in [1.807, 2.05) is 31.3 Å². The van der Waals surface area contributed by atoms with Gasteiger partial charge < -0.3 is 29.4 Å². The summed E-state index contributed by atoms with van der Waals surface area (Å²) in [6.07, 6.45) is 1.75. The van der Waals surface area contributed by atoms with Gasteiger partial charge in [-0.15, -0.1) is 0 Å². The van der Waals surface area contributed by atoms with E-state index in [1.54, 1.807) is 0 Å². The third-order valence-electron chi connectivity index (χ3n) is 4.44. The number of nitrogens with one attached hydrogen (secondary N) is 2. The quantitative estimate of drug-likeness (QED) is 0.866. The Morgan fingerprint density at radius 3 is 2.96 bits per heavy atom. The maximum absolute atomic E-state index is 11.6. The first-order valence-electron chi connectivity index (χ1n) is 8.82. The van der Waals surface area contributed by atoms with Gasteiger partial charge in [-0.05, 0) is 25.1 Å². The fourth-order valence-electron chi connectivity index (χ4n) is 3.17. The first-order valence-corrected chi connectivity index (χ1v) is 8.82. The standard InChI is InChI=1S/C18H22N4O4/c1-2-19-18(23)21-8-13-10-22-14(9-20-17(22)11-26-13)12-3-4-15-16(7-12)25-6-5-24-15/h3-4,7,9,13H,2,5-6,8,10-11H2,1H3,(H2,19,21,23)/t13-/m0/s1. The zero-order chi connectivity index (χ0) is 17.9. The number of urea groups is 1. The Labute approximate surface area is 151 Å². The van der Waals surface area contributed by atoms with E-state index in [0.717, 1.165) is 28.6 Å². The minimum atomic E-state index is -0.181. The molecule has 0 fully saturated rings. The summed E-state index contributed by atoms with van der Waals surface area (Å²) in [5.74, 6) is 2.40. The molecule has 1 aromatic heterocycles. The molecule has 2 aromatic rings. The normalized spacial score (nSPS) is 18.1. The molecule has 3 heterocycles. The maximum Gasteiger partial charge on any atom is 0.314 e. The lowest BCUT2D eigenvalue weighted by molar-refractivity contribution is 0.00493. The first kappa shape index (κ1) is 16.7. The summed E-state index contributed by atoms with van der Waals surface area (Å²) >= 11 is 0. The summed E-state index contributed by atoms with van der Waals surface area (Å²) in [5.41, 5.74) is 2.02. The number of rotatable bonds is 4. The van der Waals surface area contributed by atoms with Crippen molar-refractivity contribution in [2.45, 2.75) is 26.2 Å². The highest BCUT2D eigenvalue weighted by molar-refractivity contribution is 5.73. The van der Waals surface area contributed by atoms with Crippen LogP contribution in [0.4, 0.5) is 4.79 Å². The molecule has 0 radical (unpaired) electrons. The molecule has 0 spiro atoms. The molecule has 1 aromatic carbocycles. The van der Waals surface area contributed by atoms with Crippen LogP contribution in [0, 0.1) is 0 Å². The van der Waals surface area contributed by atoms with Crippen LogP contribution in [0.5, 0.6) is 11.5 Å². The molecular formula is C18H22N4O4. The van der Waals surface area contributed by atoms with E-state index in [1.165, 1.54) is 0 Å². The Bertz CT molecular complexity index is 804. The van der Waals surface area contributed by atoms with Gasteiger partial charge in [-0.1, -0.05) is 0 Å². The molecule has 8 heteroatoms. The fraction of sp³-hybridized carbons (Fsp3) is 0.444. The summed E-state index contributed by atoms with van der Waals surface area (Å²) in [6.45, 7) is 5.11. The molecule has 2 amide bonds. The second-order valence-corrected chi connectivity index (χ2v) is 6.20. The number of nitrogens with zero attached hydrogens (tertiary/aromatic N) is 2. The summed E-state index contributed by atoms with van der Waals surface area (Å²) in [5, 5.41) is 5.55. The molecule has 0 saturated carbocycles. The summed E-state index contributed by atoms with van der Waals surface area (Å²) < 4.78 is 19.2. The zero-order valence-electron chi connectivity index (χ0n) is 14.7. The molecule has 0 bridgehead atoms. The average molecular weight is 358 g/mol. The van der Waals surface area contributed by atoms with Crippen LogP contribution < -0.4 is 20.1 Å². The van der Waals surface area contributed by atoms with Crippen LogP contribution >= 0.6 is 0 Å². The third-order valence-corrected chi connectivity index (χ3v) is 4.44. The van der Waals surface area contributed by atoms with Gasteiger partial charge >= 0.3 is 6.03 Å². The molecule has 2 N–H and O–H groups in total. The van der Waals surface area contributed by atoms with Gasteiger partial charge in [0.25, 0.3) is 0 Å². The molecule has 138 valence electrons. The number of imidazole rings is 1. The van der Waals surface area contributed by atoms with Crippen LogP contribution in [0.15, 0.2) is 24.4 Å². The van der Waals surface area contributed by atoms with Gasteiger partial charge in [0.15, 0.2) is 11.5 Å². The first-order chi connectivity index (χ1) is 12.7. The van der Waals surface area contributed by atoms with Crippen molar-refractivity contribution in [3.63, 3.8) is 0 Å². The Balaban J connectivity index is 1.51. The van der Waals surface area contributed by atoms with Gasteiger partial charge in [-0.3, -0.25) is 0 Å². The van der Waals surface area contributed by atoms with E-state index in [0.29, 0.717) is 39.5 Å². The van der Waals surface area contributed by atoms with Crippen molar-refractivity contribution >= 4 is 6.03 Å². The van der Waals surface area contributed by atoms with Crippen molar-refractivity contribution < 1.29 is 19.0 Å². The highest BCUT2D eigenvalue weighted by Gasteiger charge is 2.24. The molecule has 4 rings (SSSR count). The lowest BCUT2D eigenvalue weighted by Gasteiger charge is -2.26. The van der Waals surface area contributed by atoms with Crippen molar-refractivity contribution in [2.75, 3.05) is 26.3 Å². The second kappa shape index (κ2) is 7.25. The van der Waals surface area contributed by atoms with E-state index in [4.69, 9.17) is 14.2 Å². The largest absolute Gasteiger partial charge is 0.486 e. The van der Waals surface area contributed by atoms with Gasteiger partial charge in [-0.25, -0.2) is 9.78 Å². The van der Waals surface area contributed by atoms with Crippen molar-refractivity contribution in [1.29, 1.82) is 0 Å². The number of hydrogen-bond acceptors (Lipinski definition) is 5. The maximum atomic E-state index is 11.6. The van der Waals surface area contributed by atoms with Crippen molar-refractivity contribution in [2.24, 2.45) is 0 Å². The van der Waals surface area contributed by atoms with Crippen LogP contribution in [-0.2, 0) is 17.9 Å². The lowest BCUT2D eigenvalue weighted by atomic mass is 10.1. The number of fused-ring (bicyclic) bond motifs is 2. The molecule has 8 nitrogen and oxygen atoms in total. The molecule has 2 aliphatic heterocycles. The van der Waals surface area contributed by atoms with E-state index >= 15 is 0 Å². The molecule has 26 heavy (non-hydrogen) atoms. The smallest absolute Gasteiger partial charge is 0.314 e. The molecule has 0 unspecified atom stereocenters. The minimum absolute atomic E-state index is 0.102. The minimum Gasteiger partial charge on any atom is -0.486 e. The van der Waals surface area contributed by atoms with Gasteiger partial charge in [0.05, 0.1) is 24.5 Å². The van der Waals surface area contributed by atoms with Crippen LogP contribution in [-0.4, -0.2) is 48.0 Å². The lowest BCUT2D eigenvalue weighted by Crippen LogP contribution is -2.43. The predicted molar refractivity (Wildman–Crippen MR) is 94.3 cm³/mol. The number of aromatic nitrogens is 2. The Kier molecular flexibility index (Phi) is 4.66. The predicted octanol–water partition coefficient (Wildman–Crippen LogP) is 1.54. The second-order valence-electron chi connectivity index (χ2n) is 6.20. The Morgan fingerprint density at radius 1 is 1.27 bits per heavy atom. The van der Waals surface area contributed by atoms with Gasteiger partial charge in [0.1, 0.15) is 25.6 Å². The number of ether oxygens (including phenoxy) is 3. The average Bonchev–Trinajstić information content (AvgIpc) is 3.09. The molecular weight excluding hydrogens is 336 g/mol.